The quantitative estimate of drug-likeness (QED) is 0.418. The Hall–Kier alpha value is 0.520. The highest BCUT2D eigenvalue weighted by Crippen LogP contribution is 2.29. The van der Waals surface area contributed by atoms with Crippen molar-refractivity contribution in [3.8, 4) is 11.4 Å². The lowest BCUT2D eigenvalue weighted by Crippen LogP contribution is -1.83. The van der Waals surface area contributed by atoms with E-state index in [1.54, 1.807) is 59.3 Å². The Morgan fingerprint density at radius 3 is 2.07 bits per heavy atom. The van der Waals surface area contributed by atoms with Crippen molar-refractivity contribution in [3.63, 3.8) is 0 Å². The minimum atomic E-state index is -0.265. The van der Waals surface area contributed by atoms with Crippen LogP contribution in [0.25, 0.3) is 22.4 Å². The third-order valence-corrected chi connectivity index (χ3v) is 19.7. The summed E-state index contributed by atoms with van der Waals surface area (Å²) in [5.74, 6) is 0.477. The van der Waals surface area contributed by atoms with Crippen LogP contribution in [0.4, 0.5) is 4.39 Å². The molecule has 1 N–H and O–H groups in total. The molecule has 2 nitrogen and oxygen atoms in total. The van der Waals surface area contributed by atoms with Crippen LogP contribution in [-0.2, 0) is 93.4 Å². The van der Waals surface area contributed by atoms with Crippen LogP contribution in [-0.4, -0.2) is 9.97 Å². The van der Waals surface area contributed by atoms with E-state index in [0.29, 0.717) is 4.47 Å². The number of rotatable bonds is 1. The van der Waals surface area contributed by atoms with Gasteiger partial charge in [-0.3, -0.25) is 0 Å². The molecule has 0 atom stereocenters. The van der Waals surface area contributed by atoms with Crippen LogP contribution in [0, 0.1) is 19.7 Å². The van der Waals surface area contributed by atoms with E-state index in [1.165, 1.54) is 41.0 Å². The Morgan fingerprint density at radius 2 is 1.48 bits per heavy atom. The van der Waals surface area contributed by atoms with E-state index in [-0.39, 0.29) is 5.82 Å². The van der Waals surface area contributed by atoms with Gasteiger partial charge in [-0.15, -0.1) is 0 Å². The molecular formula is C15H12BrFN2S10. The van der Waals surface area contributed by atoms with Gasteiger partial charge in [-0.05, 0) is 71.2 Å². The summed E-state index contributed by atoms with van der Waals surface area (Å²) in [5.41, 5.74) is 5.21. The number of fused-ring (bicyclic) bond motifs is 1. The molecule has 3 rings (SSSR count). The SMILES string of the molecule is Cc1cc2nc(-c3ccc(F)cc3Br)[nH]c2cc1C.S=S=S=S=S=S=S=S=S=S. The van der Waals surface area contributed by atoms with Crippen molar-refractivity contribution in [2.24, 2.45) is 0 Å². The second-order valence-corrected chi connectivity index (χ2v) is 20.2. The number of aromatic amines is 1. The number of benzene rings is 2. The molecule has 0 saturated carbocycles. The second kappa shape index (κ2) is 13.8. The number of nitrogens with zero attached hydrogens (tertiary/aromatic N) is 1. The molecule has 0 amide bonds. The summed E-state index contributed by atoms with van der Waals surface area (Å²) < 4.78 is 13.8. The molecule has 3 aromatic rings. The number of aromatic nitrogens is 2. The minimum absolute atomic E-state index is 0.265. The summed E-state index contributed by atoms with van der Waals surface area (Å²) in [6.07, 6.45) is 0. The van der Waals surface area contributed by atoms with Crippen LogP contribution in [0.5, 0.6) is 0 Å². The van der Waals surface area contributed by atoms with Crippen molar-refractivity contribution in [1.29, 1.82) is 0 Å². The first-order valence-electron chi connectivity index (χ1n) is 7.47. The van der Waals surface area contributed by atoms with E-state index in [4.69, 9.17) is 0 Å². The molecule has 0 spiro atoms. The fourth-order valence-electron chi connectivity index (χ4n) is 2.15. The smallest absolute Gasteiger partial charge is 0.139 e. The predicted octanol–water partition coefficient (Wildman–Crippen LogP) is 4.72. The third kappa shape index (κ3) is 8.52. The average Bonchev–Trinajstić information content (AvgIpc) is 3.08. The van der Waals surface area contributed by atoms with Crippen LogP contribution in [0.1, 0.15) is 11.1 Å². The number of imidazole rings is 1. The number of hydrogen-bond acceptors (Lipinski definition) is 3. The van der Waals surface area contributed by atoms with Crippen LogP contribution in [0.2, 0.25) is 0 Å². The van der Waals surface area contributed by atoms with Gasteiger partial charge in [0.2, 0.25) is 0 Å². The standard InChI is InChI=1S/C15H12BrFN2.S10/c1-8-5-13-14(6-9(8)2)19-15(18-13)11-4-3-10(17)7-12(11)16;1-3-5-7-9-10-8-6-4-2/h3-7H,1-2H3,(H,18,19);. The van der Waals surface area contributed by atoms with E-state index < -0.39 is 0 Å². The van der Waals surface area contributed by atoms with E-state index in [9.17, 15) is 4.39 Å². The summed E-state index contributed by atoms with van der Waals surface area (Å²) in [6, 6.07) is 8.74. The molecule has 14 heteroatoms. The van der Waals surface area contributed by atoms with Crippen molar-refractivity contribution in [1.82, 2.24) is 9.97 Å². The maximum absolute atomic E-state index is 13.1. The lowest BCUT2D eigenvalue weighted by atomic mass is 10.1. The van der Waals surface area contributed by atoms with Crippen LogP contribution >= 0.6 is 15.9 Å². The Balaban J connectivity index is 0.000000257. The average molecular weight is 640 g/mol. The van der Waals surface area contributed by atoms with Crippen LogP contribution in [0.15, 0.2) is 34.8 Å². The van der Waals surface area contributed by atoms with Crippen molar-refractivity contribution in [3.05, 3.63) is 51.7 Å². The maximum Gasteiger partial charge on any atom is 0.139 e. The number of hydrogen-bond donors (Lipinski definition) is 1. The largest absolute Gasteiger partial charge is 0.338 e. The second-order valence-electron chi connectivity index (χ2n) is 5.21. The lowest BCUT2D eigenvalue weighted by Gasteiger charge is -2.00. The van der Waals surface area contributed by atoms with Crippen molar-refractivity contribution >= 4 is 120 Å². The van der Waals surface area contributed by atoms with E-state index >= 15 is 0 Å². The van der Waals surface area contributed by atoms with Crippen molar-refractivity contribution in [2.45, 2.75) is 13.8 Å². The highest BCUT2D eigenvalue weighted by atomic mass is 79.9. The molecule has 2 aromatic carbocycles. The van der Waals surface area contributed by atoms with Gasteiger partial charge in [0.1, 0.15) is 11.6 Å². The molecule has 0 aliphatic carbocycles. The van der Waals surface area contributed by atoms with Gasteiger partial charge in [-0.25, -0.2) is 9.37 Å². The first kappa shape index (κ1) is 25.8. The monoisotopic (exact) mass is 638 g/mol. The van der Waals surface area contributed by atoms with Crippen molar-refractivity contribution < 1.29 is 4.39 Å². The molecule has 156 valence electrons. The highest BCUT2D eigenvalue weighted by Gasteiger charge is 2.10. The molecule has 0 bridgehead atoms. The molecule has 0 radical (unpaired) electrons. The zero-order valence-corrected chi connectivity index (χ0v) is 24.4. The predicted molar refractivity (Wildman–Crippen MR) is 152 cm³/mol. The zero-order valence-electron chi connectivity index (χ0n) is 14.7. The Kier molecular flexibility index (Phi) is 12.3. The van der Waals surface area contributed by atoms with Crippen LogP contribution in [0.3, 0.4) is 0 Å². The Morgan fingerprint density at radius 1 is 0.897 bits per heavy atom. The van der Waals surface area contributed by atoms with Gasteiger partial charge in [-0.1, -0.05) is 0 Å². The van der Waals surface area contributed by atoms with Crippen LogP contribution < -0.4 is 0 Å². The molecule has 0 fully saturated rings. The van der Waals surface area contributed by atoms with Gasteiger partial charge in [0, 0.05) is 103 Å². The van der Waals surface area contributed by atoms with Gasteiger partial charge in [0.25, 0.3) is 0 Å². The molecular weight excluding hydrogens is 628 g/mol. The first-order valence-corrected chi connectivity index (χ1v) is 20.3. The Labute approximate surface area is 209 Å². The third-order valence-electron chi connectivity index (χ3n) is 3.48. The number of aryl methyl sites for hydroxylation is 2. The molecule has 0 saturated heterocycles. The summed E-state index contributed by atoms with van der Waals surface area (Å²) >= 11 is 12.7. The fourth-order valence-corrected chi connectivity index (χ4v) is 19.2. The molecule has 1 heterocycles. The van der Waals surface area contributed by atoms with Gasteiger partial charge in [0.15, 0.2) is 0 Å². The number of halogens is 2. The molecule has 29 heavy (non-hydrogen) atoms. The molecule has 0 aliphatic heterocycles. The lowest BCUT2D eigenvalue weighted by molar-refractivity contribution is 0.627. The van der Waals surface area contributed by atoms with E-state index in [2.05, 4.69) is 74.3 Å². The summed E-state index contributed by atoms with van der Waals surface area (Å²) in [4.78, 5) is 7.84. The van der Waals surface area contributed by atoms with Gasteiger partial charge in [0.05, 0.1) is 11.0 Å². The fraction of sp³-hybridized carbons (Fsp3) is 0.133. The van der Waals surface area contributed by atoms with E-state index in [1.807, 2.05) is 0 Å². The normalized spacial score (nSPS) is 9.66. The summed E-state index contributed by atoms with van der Waals surface area (Å²) in [7, 11) is 12.7. The zero-order chi connectivity index (χ0) is 21.2. The maximum atomic E-state index is 13.1. The van der Waals surface area contributed by atoms with Crippen molar-refractivity contribution in [2.75, 3.05) is 0 Å². The Bertz CT molecular complexity index is 1310. The molecule has 1 aromatic heterocycles. The van der Waals surface area contributed by atoms with Gasteiger partial charge in [-0.2, -0.15) is 0 Å². The number of nitrogens with one attached hydrogen (secondary N) is 1. The van der Waals surface area contributed by atoms with Gasteiger partial charge >= 0.3 is 0 Å². The molecule has 0 unspecified atom stereocenters. The van der Waals surface area contributed by atoms with Gasteiger partial charge < -0.3 is 4.98 Å². The first-order chi connectivity index (χ1) is 14.0. The topological polar surface area (TPSA) is 28.7 Å². The van der Waals surface area contributed by atoms with E-state index in [0.717, 1.165) is 22.4 Å². The minimum Gasteiger partial charge on any atom is -0.338 e. The summed E-state index contributed by atoms with van der Waals surface area (Å²) in [5, 5.41) is 0. The molecule has 0 aliphatic rings. The highest BCUT2D eigenvalue weighted by molar-refractivity contribution is 9.10. The number of H-pyrrole nitrogens is 1. The summed E-state index contributed by atoms with van der Waals surface area (Å²) in [6.45, 7) is 4.14.